The van der Waals surface area contributed by atoms with Gasteiger partial charge in [0.1, 0.15) is 0 Å². The third-order valence-corrected chi connectivity index (χ3v) is 9.09. The summed E-state index contributed by atoms with van der Waals surface area (Å²) in [5.74, 6) is 0. The molecule has 0 N–H and O–H groups in total. The van der Waals surface area contributed by atoms with Crippen LogP contribution < -0.4 is 0 Å². The second-order valence-corrected chi connectivity index (χ2v) is 11.6. The molecule has 2 saturated carbocycles. The predicted molar refractivity (Wildman–Crippen MR) is 124 cm³/mol. The minimum absolute atomic E-state index is 0.511. The van der Waals surface area contributed by atoms with Gasteiger partial charge in [-0.1, -0.05) is 0 Å². The maximum Gasteiger partial charge on any atom is 0.0341 e. The van der Waals surface area contributed by atoms with Crippen LogP contribution in [0, 0.1) is 0 Å². The molecule has 29 heavy (non-hydrogen) atoms. The fourth-order valence-corrected chi connectivity index (χ4v) is 6.79. The molecule has 2 saturated heterocycles. The summed E-state index contributed by atoms with van der Waals surface area (Å²) >= 11 is 0. The zero-order valence-corrected chi connectivity index (χ0v) is 20.3. The summed E-state index contributed by atoms with van der Waals surface area (Å²) in [6.07, 6.45) is 9.86. The van der Waals surface area contributed by atoms with Gasteiger partial charge in [-0.05, 0) is 86.5 Å². The van der Waals surface area contributed by atoms with Crippen molar-refractivity contribution in [2.75, 3.05) is 39.3 Å². The average molecular weight is 405 g/mol. The Labute approximate surface area is 181 Å². The Balaban J connectivity index is 1.28. The highest BCUT2D eigenvalue weighted by Gasteiger charge is 2.52. The third-order valence-electron chi connectivity index (χ3n) is 9.09. The number of nitrogens with zero attached hydrogens (tertiary/aromatic N) is 4. The molecule has 0 bridgehead atoms. The van der Waals surface area contributed by atoms with Crippen LogP contribution >= 0.6 is 0 Å². The molecule has 0 amide bonds. The molecule has 0 aromatic heterocycles. The van der Waals surface area contributed by atoms with Gasteiger partial charge in [-0.15, -0.1) is 0 Å². The molecule has 4 aliphatic rings. The molecular formula is C25H48N4. The lowest BCUT2D eigenvalue weighted by molar-refractivity contribution is -0.0807. The maximum absolute atomic E-state index is 2.91. The monoisotopic (exact) mass is 404 g/mol. The molecule has 4 nitrogen and oxygen atoms in total. The number of piperazine rings is 2. The molecule has 0 aromatic carbocycles. The largest absolute Gasteiger partial charge is 0.298 e. The number of rotatable bonds is 7. The SMILES string of the molecule is CC(C)N1CCN(C(C)CCC(C)N2CCN(C(C)C)C3(CCC3)C2)C2(CC2)C1. The van der Waals surface area contributed by atoms with E-state index in [1.807, 2.05) is 0 Å². The van der Waals surface area contributed by atoms with E-state index >= 15 is 0 Å². The fraction of sp³-hybridized carbons (Fsp3) is 1.00. The van der Waals surface area contributed by atoms with Crippen molar-refractivity contribution in [3.05, 3.63) is 0 Å². The van der Waals surface area contributed by atoms with Gasteiger partial charge >= 0.3 is 0 Å². The van der Waals surface area contributed by atoms with E-state index in [0.29, 0.717) is 23.2 Å². The second-order valence-electron chi connectivity index (χ2n) is 11.6. The lowest BCUT2D eigenvalue weighted by Gasteiger charge is -2.58. The zero-order chi connectivity index (χ0) is 20.8. The van der Waals surface area contributed by atoms with E-state index < -0.39 is 0 Å². The van der Waals surface area contributed by atoms with Crippen LogP contribution in [0.2, 0.25) is 0 Å². The summed E-state index contributed by atoms with van der Waals surface area (Å²) in [5.41, 5.74) is 1.04. The van der Waals surface area contributed by atoms with Crippen molar-refractivity contribution in [3.63, 3.8) is 0 Å². The van der Waals surface area contributed by atoms with Crippen molar-refractivity contribution in [1.82, 2.24) is 19.6 Å². The highest BCUT2D eigenvalue weighted by Crippen LogP contribution is 2.46. The van der Waals surface area contributed by atoms with Gasteiger partial charge in [0, 0.05) is 74.5 Å². The molecule has 2 atom stereocenters. The van der Waals surface area contributed by atoms with E-state index in [2.05, 4.69) is 61.1 Å². The van der Waals surface area contributed by atoms with E-state index in [4.69, 9.17) is 0 Å². The van der Waals surface area contributed by atoms with E-state index in [9.17, 15) is 0 Å². The van der Waals surface area contributed by atoms with Gasteiger partial charge in [0.15, 0.2) is 0 Å². The molecule has 168 valence electrons. The number of hydrogen-bond donors (Lipinski definition) is 0. The van der Waals surface area contributed by atoms with Gasteiger partial charge in [-0.3, -0.25) is 19.6 Å². The van der Waals surface area contributed by atoms with Crippen molar-refractivity contribution >= 4 is 0 Å². The van der Waals surface area contributed by atoms with Gasteiger partial charge in [0.25, 0.3) is 0 Å². The van der Waals surface area contributed by atoms with Crippen molar-refractivity contribution in [1.29, 1.82) is 0 Å². The highest BCUT2D eigenvalue weighted by atomic mass is 15.4. The molecule has 2 unspecified atom stereocenters. The third kappa shape index (κ3) is 4.29. The lowest BCUT2D eigenvalue weighted by atomic mass is 9.72. The van der Waals surface area contributed by atoms with Crippen LogP contribution in [0.1, 0.15) is 86.5 Å². The van der Waals surface area contributed by atoms with Crippen LogP contribution in [-0.4, -0.2) is 94.1 Å². The Hall–Kier alpha value is -0.160. The van der Waals surface area contributed by atoms with Gasteiger partial charge < -0.3 is 0 Å². The molecule has 4 heteroatoms. The van der Waals surface area contributed by atoms with E-state index in [0.717, 1.165) is 12.1 Å². The van der Waals surface area contributed by atoms with Crippen LogP contribution in [0.4, 0.5) is 0 Å². The first-order valence-electron chi connectivity index (χ1n) is 12.8. The first-order chi connectivity index (χ1) is 13.8. The second kappa shape index (κ2) is 8.41. The Bertz CT molecular complexity index is 551. The quantitative estimate of drug-likeness (QED) is 0.634. The molecular weight excluding hydrogens is 356 g/mol. The predicted octanol–water partition coefficient (Wildman–Crippen LogP) is 4.05. The zero-order valence-electron chi connectivity index (χ0n) is 20.3. The Morgan fingerprint density at radius 2 is 1.14 bits per heavy atom. The summed E-state index contributed by atoms with van der Waals surface area (Å²) in [7, 11) is 0. The summed E-state index contributed by atoms with van der Waals surface area (Å²) < 4.78 is 0. The molecule has 2 heterocycles. The van der Waals surface area contributed by atoms with Gasteiger partial charge in [-0.2, -0.15) is 0 Å². The molecule has 2 spiro atoms. The molecule has 2 aliphatic heterocycles. The average Bonchev–Trinajstić information content (AvgIpc) is 3.42. The van der Waals surface area contributed by atoms with Crippen LogP contribution in [0.25, 0.3) is 0 Å². The summed E-state index contributed by atoms with van der Waals surface area (Å²) in [4.78, 5) is 11.3. The number of hydrogen-bond acceptors (Lipinski definition) is 4. The Morgan fingerprint density at radius 3 is 1.69 bits per heavy atom. The van der Waals surface area contributed by atoms with E-state index in [1.54, 1.807) is 0 Å². The fourth-order valence-electron chi connectivity index (χ4n) is 6.79. The van der Waals surface area contributed by atoms with Crippen molar-refractivity contribution in [2.45, 2.75) is 122 Å². The van der Waals surface area contributed by atoms with Crippen LogP contribution in [0.3, 0.4) is 0 Å². The summed E-state index contributed by atoms with van der Waals surface area (Å²) in [6, 6.07) is 2.88. The van der Waals surface area contributed by atoms with Crippen LogP contribution in [-0.2, 0) is 0 Å². The van der Waals surface area contributed by atoms with Crippen molar-refractivity contribution in [2.24, 2.45) is 0 Å². The lowest BCUT2D eigenvalue weighted by Crippen LogP contribution is -2.68. The molecule has 0 aromatic rings. The molecule has 4 fully saturated rings. The molecule has 0 radical (unpaired) electrons. The first kappa shape index (κ1) is 22.0. The first-order valence-corrected chi connectivity index (χ1v) is 12.8. The van der Waals surface area contributed by atoms with Gasteiger partial charge in [0.2, 0.25) is 0 Å². The van der Waals surface area contributed by atoms with Crippen molar-refractivity contribution < 1.29 is 0 Å². The Kier molecular flexibility index (Phi) is 6.39. The standard InChI is InChI=1S/C25H48N4/c1-20(2)26-14-17-29(25(18-26)12-13-25)23(6)9-8-22(5)27-15-16-28(21(3)4)24(19-27)10-7-11-24/h20-23H,7-19H2,1-6H3. The smallest absolute Gasteiger partial charge is 0.0341 e. The normalized spacial score (nSPS) is 30.2. The topological polar surface area (TPSA) is 13.0 Å². The molecule has 4 rings (SSSR count). The van der Waals surface area contributed by atoms with Gasteiger partial charge in [-0.25, -0.2) is 0 Å². The van der Waals surface area contributed by atoms with E-state index in [-0.39, 0.29) is 0 Å². The van der Waals surface area contributed by atoms with E-state index in [1.165, 1.54) is 84.2 Å². The van der Waals surface area contributed by atoms with Crippen LogP contribution in [0.5, 0.6) is 0 Å². The highest BCUT2D eigenvalue weighted by molar-refractivity contribution is 5.10. The summed E-state index contributed by atoms with van der Waals surface area (Å²) in [6.45, 7) is 22.3. The summed E-state index contributed by atoms with van der Waals surface area (Å²) in [5, 5.41) is 0. The minimum Gasteiger partial charge on any atom is -0.298 e. The van der Waals surface area contributed by atoms with Crippen LogP contribution in [0.15, 0.2) is 0 Å². The van der Waals surface area contributed by atoms with Crippen molar-refractivity contribution in [3.8, 4) is 0 Å². The van der Waals surface area contributed by atoms with Gasteiger partial charge in [0.05, 0.1) is 0 Å². The molecule has 2 aliphatic carbocycles. The minimum atomic E-state index is 0.511. The maximum atomic E-state index is 2.91. The Morgan fingerprint density at radius 1 is 0.586 bits per heavy atom.